The number of carbonyl (C=O) groups excluding carboxylic acids is 1. The number of rotatable bonds is 9. The second-order valence-electron chi connectivity index (χ2n) is 13.3. The molecule has 234 valence electrons. The predicted molar refractivity (Wildman–Crippen MR) is 173 cm³/mol. The summed E-state index contributed by atoms with van der Waals surface area (Å²) in [6.07, 6.45) is 8.46. The van der Waals surface area contributed by atoms with E-state index in [0.717, 1.165) is 59.6 Å². The predicted octanol–water partition coefficient (Wildman–Crippen LogP) is 5.13. The lowest BCUT2D eigenvalue weighted by Crippen LogP contribution is -2.41. The number of fused-ring (bicyclic) bond motifs is 4. The van der Waals surface area contributed by atoms with Crippen LogP contribution in [0.1, 0.15) is 60.2 Å². The monoisotopic (exact) mass is 607 g/mol. The first kappa shape index (κ1) is 28.3. The molecule has 3 aliphatic rings. The zero-order valence-electron chi connectivity index (χ0n) is 26.4. The molecule has 3 unspecified atom stereocenters. The summed E-state index contributed by atoms with van der Waals surface area (Å²) in [6, 6.07) is 12.8. The highest BCUT2D eigenvalue weighted by Crippen LogP contribution is 2.41. The Bertz CT molecular complexity index is 1930. The van der Waals surface area contributed by atoms with Crippen LogP contribution in [0.4, 0.5) is 0 Å². The number of ether oxygens (including phenoxy) is 2. The Kier molecular flexibility index (Phi) is 6.76. The number of hydrogen-bond acceptors (Lipinski definition) is 6. The number of hydrogen-bond donors (Lipinski definition) is 1. The molecule has 0 spiro atoms. The lowest BCUT2D eigenvalue weighted by atomic mass is 10.1. The van der Waals surface area contributed by atoms with Crippen molar-refractivity contribution in [3.8, 4) is 17.3 Å². The van der Waals surface area contributed by atoms with Gasteiger partial charge in [-0.15, -0.1) is 0 Å². The van der Waals surface area contributed by atoms with Crippen LogP contribution in [0.15, 0.2) is 48.8 Å². The number of carbonyl (C=O) groups is 1. The van der Waals surface area contributed by atoms with E-state index in [1.54, 1.807) is 14.2 Å². The Morgan fingerprint density at radius 2 is 1.93 bits per heavy atom. The molecule has 1 aliphatic heterocycles. The van der Waals surface area contributed by atoms with Gasteiger partial charge in [-0.25, -0.2) is 4.98 Å². The highest BCUT2D eigenvalue weighted by molar-refractivity contribution is 6.00. The number of aromatic nitrogens is 5. The molecule has 3 fully saturated rings. The Balaban J connectivity index is 1.31. The highest BCUT2D eigenvalue weighted by Gasteiger charge is 2.47. The van der Waals surface area contributed by atoms with Gasteiger partial charge in [-0.2, -0.15) is 5.10 Å². The SMILES string of the molecule is COc1cc(C(=O)N2CC3CCC2[C@@H]3N)cc2nc(-c3cc4ccc(C(C)OC)cc4n3CC3CC3)n(Cc3cnn(C)c3)c12. The molecule has 1 amide bonds. The molecule has 8 rings (SSSR count). The number of imidazole rings is 1. The number of likely N-dealkylation sites (tertiary alicyclic amines) is 1. The normalized spacial score (nSPS) is 21.8. The molecule has 5 aromatic rings. The lowest BCUT2D eigenvalue weighted by Gasteiger charge is -2.27. The highest BCUT2D eigenvalue weighted by atomic mass is 16.5. The number of methoxy groups -OCH3 is 2. The molecule has 4 heterocycles. The van der Waals surface area contributed by atoms with E-state index in [9.17, 15) is 4.79 Å². The third kappa shape index (κ3) is 4.73. The van der Waals surface area contributed by atoms with Crippen molar-refractivity contribution in [1.82, 2.24) is 28.8 Å². The van der Waals surface area contributed by atoms with Gasteiger partial charge in [0.25, 0.3) is 5.91 Å². The average molecular weight is 608 g/mol. The average Bonchev–Trinajstić information content (AvgIpc) is 3.30. The van der Waals surface area contributed by atoms with E-state index in [4.69, 9.17) is 20.2 Å². The van der Waals surface area contributed by atoms with Crippen LogP contribution >= 0.6 is 0 Å². The third-order valence-corrected chi connectivity index (χ3v) is 10.4. The largest absolute Gasteiger partial charge is 0.494 e. The number of nitrogens with zero attached hydrogens (tertiary/aromatic N) is 6. The second-order valence-corrected chi connectivity index (χ2v) is 13.3. The first-order chi connectivity index (χ1) is 21.8. The van der Waals surface area contributed by atoms with Crippen molar-refractivity contribution in [2.24, 2.45) is 24.6 Å². The van der Waals surface area contributed by atoms with Gasteiger partial charge in [0.05, 0.1) is 37.2 Å². The van der Waals surface area contributed by atoms with Crippen LogP contribution in [0.3, 0.4) is 0 Å². The molecule has 1 saturated heterocycles. The lowest BCUT2D eigenvalue weighted by molar-refractivity contribution is 0.0700. The van der Waals surface area contributed by atoms with Crippen molar-refractivity contribution in [3.05, 3.63) is 65.5 Å². The van der Waals surface area contributed by atoms with Gasteiger partial charge in [0.1, 0.15) is 11.3 Å². The molecule has 10 nitrogen and oxygen atoms in total. The summed E-state index contributed by atoms with van der Waals surface area (Å²) < 4.78 is 18.2. The van der Waals surface area contributed by atoms with E-state index >= 15 is 0 Å². The van der Waals surface area contributed by atoms with E-state index in [1.165, 1.54) is 23.7 Å². The second kappa shape index (κ2) is 10.7. The molecule has 0 radical (unpaired) electrons. The zero-order valence-corrected chi connectivity index (χ0v) is 26.4. The van der Waals surface area contributed by atoms with Gasteiger partial charge in [0.15, 0.2) is 5.82 Å². The number of aryl methyl sites for hydroxylation is 1. The van der Waals surface area contributed by atoms with Gasteiger partial charge < -0.3 is 29.2 Å². The Hall–Kier alpha value is -4.15. The van der Waals surface area contributed by atoms with Crippen LogP contribution in [0.2, 0.25) is 0 Å². The summed E-state index contributed by atoms with van der Waals surface area (Å²) in [7, 11) is 5.34. The smallest absolute Gasteiger partial charge is 0.254 e. The zero-order chi connectivity index (χ0) is 31.0. The summed E-state index contributed by atoms with van der Waals surface area (Å²) in [5, 5.41) is 5.60. The topological polar surface area (TPSA) is 105 Å². The fourth-order valence-corrected chi connectivity index (χ4v) is 7.64. The van der Waals surface area contributed by atoms with E-state index in [-0.39, 0.29) is 24.1 Å². The summed E-state index contributed by atoms with van der Waals surface area (Å²) in [4.78, 5) is 21.2. The molecular formula is C35H41N7O3. The van der Waals surface area contributed by atoms with Crippen LogP contribution in [0.25, 0.3) is 33.5 Å². The van der Waals surface area contributed by atoms with Gasteiger partial charge in [-0.05, 0) is 74.3 Å². The Morgan fingerprint density at radius 1 is 1.09 bits per heavy atom. The maximum absolute atomic E-state index is 13.9. The maximum Gasteiger partial charge on any atom is 0.254 e. The number of piperidine rings is 1. The Morgan fingerprint density at radius 3 is 2.60 bits per heavy atom. The van der Waals surface area contributed by atoms with E-state index in [1.807, 2.05) is 41.2 Å². The molecular weight excluding hydrogens is 566 g/mol. The first-order valence-electron chi connectivity index (χ1n) is 16.1. The number of amides is 1. The third-order valence-electron chi connectivity index (χ3n) is 10.4. The van der Waals surface area contributed by atoms with Gasteiger partial charge >= 0.3 is 0 Å². The fraction of sp³-hybridized carbons (Fsp3) is 0.457. The number of benzene rings is 2. The van der Waals surface area contributed by atoms with E-state index in [0.29, 0.717) is 29.7 Å². The van der Waals surface area contributed by atoms with Crippen molar-refractivity contribution in [3.63, 3.8) is 0 Å². The van der Waals surface area contributed by atoms with Crippen molar-refractivity contribution < 1.29 is 14.3 Å². The molecule has 2 aliphatic carbocycles. The van der Waals surface area contributed by atoms with Crippen LogP contribution in [-0.2, 0) is 24.9 Å². The van der Waals surface area contributed by atoms with Gasteiger partial charge in [0.2, 0.25) is 0 Å². The van der Waals surface area contributed by atoms with Crippen LogP contribution in [0, 0.1) is 11.8 Å². The van der Waals surface area contributed by atoms with Crippen molar-refractivity contribution in [2.75, 3.05) is 20.8 Å². The van der Waals surface area contributed by atoms with Gasteiger partial charge in [-0.1, -0.05) is 12.1 Å². The van der Waals surface area contributed by atoms with E-state index < -0.39 is 0 Å². The Labute approximate surface area is 262 Å². The summed E-state index contributed by atoms with van der Waals surface area (Å²) in [6.45, 7) is 4.29. The standard InChI is InChI=1S/C35H41N7O3/c1-20(44-3)23-7-8-24-13-30(40(29(24)12-23)17-21-5-6-21)34-38-27-11-26(35(43)41-19-25-9-10-28(41)32(25)36)14-31(45-4)33(27)42(34)18-22-15-37-39(2)16-22/h7-8,11-16,20-21,25,28,32H,5-6,9-10,17-19,36H2,1-4H3/t20?,25?,28?,32-/m1/s1. The maximum atomic E-state index is 13.9. The minimum absolute atomic E-state index is 0.00197. The van der Waals surface area contributed by atoms with Crippen molar-refractivity contribution >= 4 is 27.8 Å². The molecule has 2 N–H and O–H groups in total. The van der Waals surface area contributed by atoms with Gasteiger partial charge in [0, 0.05) is 67.6 Å². The first-order valence-corrected chi connectivity index (χ1v) is 16.1. The molecule has 4 atom stereocenters. The molecule has 2 aromatic carbocycles. The molecule has 3 aromatic heterocycles. The van der Waals surface area contributed by atoms with Crippen molar-refractivity contribution in [2.45, 2.75) is 63.9 Å². The minimum Gasteiger partial charge on any atom is -0.494 e. The summed E-state index contributed by atoms with van der Waals surface area (Å²) in [5.74, 6) is 2.52. The molecule has 2 saturated carbocycles. The summed E-state index contributed by atoms with van der Waals surface area (Å²) in [5.41, 5.74) is 13.1. The number of nitrogens with two attached hydrogens (primary N) is 1. The van der Waals surface area contributed by atoms with Crippen LogP contribution in [0.5, 0.6) is 5.75 Å². The molecule has 2 bridgehead atoms. The van der Waals surface area contributed by atoms with Gasteiger partial charge in [-0.3, -0.25) is 9.48 Å². The molecule has 45 heavy (non-hydrogen) atoms. The minimum atomic E-state index is -0.00197. The molecule has 10 heteroatoms. The van der Waals surface area contributed by atoms with Crippen LogP contribution in [-0.4, -0.2) is 67.6 Å². The fourth-order valence-electron chi connectivity index (χ4n) is 7.64. The quantitative estimate of drug-likeness (QED) is 0.249. The van der Waals surface area contributed by atoms with E-state index in [2.05, 4.69) is 45.4 Å². The summed E-state index contributed by atoms with van der Waals surface area (Å²) >= 11 is 0. The van der Waals surface area contributed by atoms with Crippen molar-refractivity contribution in [1.29, 1.82) is 0 Å². The van der Waals surface area contributed by atoms with Crippen LogP contribution < -0.4 is 10.5 Å².